The summed E-state index contributed by atoms with van der Waals surface area (Å²) in [5.74, 6) is 0.00363. The lowest BCUT2D eigenvalue weighted by Crippen LogP contribution is -2.41. The third kappa shape index (κ3) is 4.97. The van der Waals surface area contributed by atoms with Crippen molar-refractivity contribution in [3.8, 4) is 5.75 Å². The molecule has 21 heavy (non-hydrogen) atoms. The fourth-order valence-corrected chi connectivity index (χ4v) is 2.90. The quantitative estimate of drug-likeness (QED) is 0.757. The SMILES string of the molecule is CCC(CC)(CNC)CN(C)Cc1ccc(OC)c(F)c1. The van der Waals surface area contributed by atoms with Crippen molar-refractivity contribution in [2.45, 2.75) is 33.2 Å². The molecule has 1 N–H and O–H groups in total. The molecule has 0 unspecified atom stereocenters. The zero-order chi connectivity index (χ0) is 15.9. The van der Waals surface area contributed by atoms with E-state index < -0.39 is 0 Å². The first-order valence-corrected chi connectivity index (χ1v) is 7.65. The molecule has 0 fully saturated rings. The number of benzene rings is 1. The van der Waals surface area contributed by atoms with E-state index in [-0.39, 0.29) is 11.2 Å². The van der Waals surface area contributed by atoms with Crippen LogP contribution >= 0.6 is 0 Å². The molecule has 1 rings (SSSR count). The topological polar surface area (TPSA) is 24.5 Å². The largest absolute Gasteiger partial charge is 0.494 e. The molecule has 0 spiro atoms. The van der Waals surface area contributed by atoms with Gasteiger partial charge in [0.1, 0.15) is 0 Å². The summed E-state index contributed by atoms with van der Waals surface area (Å²) in [7, 11) is 5.58. The Balaban J connectivity index is 2.71. The number of methoxy groups -OCH3 is 1. The number of hydrogen-bond acceptors (Lipinski definition) is 3. The molecule has 0 bridgehead atoms. The van der Waals surface area contributed by atoms with Crippen LogP contribution in [0.2, 0.25) is 0 Å². The van der Waals surface area contributed by atoms with E-state index in [1.54, 1.807) is 12.1 Å². The molecule has 0 saturated carbocycles. The van der Waals surface area contributed by atoms with Gasteiger partial charge in [0.25, 0.3) is 0 Å². The molecule has 4 heteroatoms. The molecular weight excluding hydrogens is 267 g/mol. The Morgan fingerprint density at radius 3 is 2.43 bits per heavy atom. The maximum Gasteiger partial charge on any atom is 0.165 e. The highest BCUT2D eigenvalue weighted by molar-refractivity contribution is 5.29. The zero-order valence-corrected chi connectivity index (χ0v) is 14.0. The highest BCUT2D eigenvalue weighted by Gasteiger charge is 2.26. The molecule has 0 amide bonds. The number of hydrogen-bond donors (Lipinski definition) is 1. The van der Waals surface area contributed by atoms with E-state index in [1.165, 1.54) is 7.11 Å². The van der Waals surface area contributed by atoms with Gasteiger partial charge >= 0.3 is 0 Å². The summed E-state index contributed by atoms with van der Waals surface area (Å²) in [6.07, 6.45) is 2.26. The number of nitrogens with zero attached hydrogens (tertiary/aromatic N) is 1. The maximum atomic E-state index is 13.7. The lowest BCUT2D eigenvalue weighted by atomic mass is 9.81. The first kappa shape index (κ1) is 17.9. The van der Waals surface area contributed by atoms with Gasteiger partial charge in [-0.2, -0.15) is 0 Å². The standard InChI is InChI=1S/C17H29FN2O/c1-6-17(7-2,12-19-3)13-20(4)11-14-8-9-16(21-5)15(18)10-14/h8-10,19H,6-7,11-13H2,1-5H3. The predicted molar refractivity (Wildman–Crippen MR) is 86.2 cm³/mol. The van der Waals surface area contributed by atoms with Crippen LogP contribution in [0.4, 0.5) is 4.39 Å². The third-order valence-corrected chi connectivity index (χ3v) is 4.33. The van der Waals surface area contributed by atoms with Gasteiger partial charge in [-0.3, -0.25) is 0 Å². The van der Waals surface area contributed by atoms with Crippen LogP contribution in [0.5, 0.6) is 5.75 Å². The molecule has 0 aliphatic carbocycles. The predicted octanol–water partition coefficient (Wildman–Crippen LogP) is 3.29. The van der Waals surface area contributed by atoms with Crippen molar-refractivity contribution < 1.29 is 9.13 Å². The van der Waals surface area contributed by atoms with Crippen LogP contribution in [0.15, 0.2) is 18.2 Å². The van der Waals surface area contributed by atoms with Gasteiger partial charge in [-0.1, -0.05) is 19.9 Å². The van der Waals surface area contributed by atoms with E-state index in [2.05, 4.69) is 31.1 Å². The number of ether oxygens (including phenoxy) is 1. The van der Waals surface area contributed by atoms with Crippen LogP contribution in [0.3, 0.4) is 0 Å². The number of nitrogens with one attached hydrogen (secondary N) is 1. The summed E-state index contributed by atoms with van der Waals surface area (Å²) in [5, 5.41) is 3.30. The van der Waals surface area contributed by atoms with Gasteiger partial charge in [0, 0.05) is 19.6 Å². The Hall–Kier alpha value is -1.13. The van der Waals surface area contributed by atoms with Crippen molar-refractivity contribution in [2.75, 3.05) is 34.3 Å². The van der Waals surface area contributed by atoms with Gasteiger partial charge in [-0.05, 0) is 50.0 Å². The molecule has 0 radical (unpaired) electrons. The molecule has 1 aromatic carbocycles. The Kier molecular flexibility index (Phi) is 7.12. The number of rotatable bonds is 9. The molecule has 0 aliphatic heterocycles. The summed E-state index contributed by atoms with van der Waals surface area (Å²) in [6, 6.07) is 5.18. The minimum atomic E-state index is -0.295. The minimum absolute atomic E-state index is 0.272. The summed E-state index contributed by atoms with van der Waals surface area (Å²) in [5.41, 5.74) is 1.25. The summed E-state index contributed by atoms with van der Waals surface area (Å²) >= 11 is 0. The average Bonchev–Trinajstić information content (AvgIpc) is 2.47. The Morgan fingerprint density at radius 1 is 1.29 bits per heavy atom. The smallest absolute Gasteiger partial charge is 0.165 e. The van der Waals surface area contributed by atoms with E-state index in [0.29, 0.717) is 5.75 Å². The second-order valence-corrected chi connectivity index (χ2v) is 5.88. The Bertz CT molecular complexity index is 433. The molecule has 3 nitrogen and oxygen atoms in total. The normalized spacial score (nSPS) is 12.0. The highest BCUT2D eigenvalue weighted by Crippen LogP contribution is 2.27. The van der Waals surface area contributed by atoms with Gasteiger partial charge in [0.05, 0.1) is 7.11 Å². The molecule has 0 atom stereocenters. The summed E-state index contributed by atoms with van der Waals surface area (Å²) in [4.78, 5) is 2.27. The van der Waals surface area contributed by atoms with Crippen LogP contribution in [0.1, 0.15) is 32.3 Å². The van der Waals surface area contributed by atoms with Crippen LogP contribution in [-0.2, 0) is 6.54 Å². The van der Waals surface area contributed by atoms with E-state index in [4.69, 9.17) is 4.74 Å². The molecule has 0 heterocycles. The van der Waals surface area contributed by atoms with Crippen molar-refractivity contribution >= 4 is 0 Å². The summed E-state index contributed by atoms with van der Waals surface area (Å²) < 4.78 is 18.7. The highest BCUT2D eigenvalue weighted by atomic mass is 19.1. The van der Waals surface area contributed by atoms with E-state index in [0.717, 1.165) is 38.0 Å². The van der Waals surface area contributed by atoms with Crippen molar-refractivity contribution in [2.24, 2.45) is 5.41 Å². The van der Waals surface area contributed by atoms with Crippen molar-refractivity contribution in [1.82, 2.24) is 10.2 Å². The monoisotopic (exact) mass is 296 g/mol. The first-order valence-electron chi connectivity index (χ1n) is 7.65. The van der Waals surface area contributed by atoms with E-state index in [9.17, 15) is 4.39 Å². The number of halogens is 1. The van der Waals surface area contributed by atoms with Gasteiger partial charge < -0.3 is 15.0 Å². The lowest BCUT2D eigenvalue weighted by molar-refractivity contribution is 0.153. The molecule has 120 valence electrons. The molecule has 1 aromatic rings. The lowest BCUT2D eigenvalue weighted by Gasteiger charge is -2.35. The van der Waals surface area contributed by atoms with Crippen molar-refractivity contribution in [1.29, 1.82) is 0 Å². The molecule has 0 aliphatic rings. The Morgan fingerprint density at radius 2 is 1.95 bits per heavy atom. The van der Waals surface area contributed by atoms with Gasteiger partial charge in [-0.15, -0.1) is 0 Å². The van der Waals surface area contributed by atoms with E-state index in [1.807, 2.05) is 13.1 Å². The van der Waals surface area contributed by atoms with Crippen LogP contribution in [0.25, 0.3) is 0 Å². The second kappa shape index (κ2) is 8.35. The van der Waals surface area contributed by atoms with Crippen LogP contribution < -0.4 is 10.1 Å². The third-order valence-electron chi connectivity index (χ3n) is 4.33. The van der Waals surface area contributed by atoms with Crippen LogP contribution in [0, 0.1) is 11.2 Å². The molecular formula is C17H29FN2O. The fourth-order valence-electron chi connectivity index (χ4n) is 2.90. The zero-order valence-electron chi connectivity index (χ0n) is 14.0. The van der Waals surface area contributed by atoms with Gasteiger partial charge in [-0.25, -0.2) is 4.39 Å². The van der Waals surface area contributed by atoms with Crippen molar-refractivity contribution in [3.63, 3.8) is 0 Å². The van der Waals surface area contributed by atoms with Crippen molar-refractivity contribution in [3.05, 3.63) is 29.6 Å². The van der Waals surface area contributed by atoms with Crippen LogP contribution in [-0.4, -0.2) is 39.2 Å². The molecule has 0 saturated heterocycles. The second-order valence-electron chi connectivity index (χ2n) is 5.88. The molecule has 0 aromatic heterocycles. The summed E-state index contributed by atoms with van der Waals surface area (Å²) in [6.45, 7) is 7.21. The van der Waals surface area contributed by atoms with Gasteiger partial charge in [0.15, 0.2) is 11.6 Å². The van der Waals surface area contributed by atoms with E-state index >= 15 is 0 Å². The van der Waals surface area contributed by atoms with Gasteiger partial charge in [0.2, 0.25) is 0 Å². The minimum Gasteiger partial charge on any atom is -0.494 e. The Labute approximate surface area is 128 Å². The fraction of sp³-hybridized carbons (Fsp3) is 0.647. The average molecular weight is 296 g/mol. The first-order chi connectivity index (χ1) is 10.00. The maximum absolute atomic E-state index is 13.7.